The van der Waals surface area contributed by atoms with Crippen molar-refractivity contribution in [1.29, 1.82) is 0 Å². The predicted octanol–water partition coefficient (Wildman–Crippen LogP) is 11.3. The van der Waals surface area contributed by atoms with E-state index in [9.17, 15) is 76.4 Å². The predicted molar refractivity (Wildman–Crippen MR) is 393 cm³/mol. The van der Waals surface area contributed by atoms with Crippen LogP contribution in [-0.2, 0) is 78.3 Å². The van der Waals surface area contributed by atoms with Crippen LogP contribution in [0.2, 0.25) is 0 Å². The van der Waals surface area contributed by atoms with Crippen molar-refractivity contribution in [3.05, 3.63) is 194 Å². The lowest BCUT2D eigenvalue weighted by atomic mass is 9.81. The quantitative estimate of drug-likeness (QED) is 0.00905. The van der Waals surface area contributed by atoms with E-state index in [1.807, 2.05) is 122 Å². The van der Waals surface area contributed by atoms with Crippen molar-refractivity contribution in [2.24, 2.45) is 0 Å². The van der Waals surface area contributed by atoms with E-state index < -0.39 is 85.7 Å². The second-order valence-electron chi connectivity index (χ2n) is 28.3. The molecule has 5 aliphatic heterocycles. The van der Waals surface area contributed by atoms with E-state index >= 15 is 0 Å². The first-order valence-electron chi connectivity index (χ1n) is 34.2. The van der Waals surface area contributed by atoms with E-state index in [1.165, 1.54) is 65.6 Å². The molecule has 0 aromatic heterocycles. The number of unbranched alkanes of at least 4 members (excludes halogenated alkanes) is 2. The van der Waals surface area contributed by atoms with Crippen LogP contribution in [0.1, 0.15) is 140 Å². The highest BCUT2D eigenvalue weighted by molar-refractivity contribution is 7.86. The van der Waals surface area contributed by atoms with Crippen LogP contribution in [0.5, 0.6) is 0 Å². The Morgan fingerprint density at radius 3 is 1.45 bits per heavy atom. The molecule has 0 radical (unpaired) electrons. The van der Waals surface area contributed by atoms with Gasteiger partial charge in [-0.25, -0.2) is 4.79 Å². The Morgan fingerprint density at radius 1 is 0.538 bits per heavy atom. The van der Waals surface area contributed by atoms with Crippen LogP contribution in [0, 0.1) is 10.1 Å². The molecule has 0 atom stereocenters. The Labute approximate surface area is 607 Å². The van der Waals surface area contributed by atoms with E-state index in [1.54, 1.807) is 29.2 Å². The number of nitro benzene ring substituents is 1. The minimum atomic E-state index is -4.57. The number of non-ortho nitro benzene ring substituents is 1. The summed E-state index contributed by atoms with van der Waals surface area (Å²) in [6, 6.07) is 21.7. The number of carbonyl (C=O) groups is 3. The Kier molecular flexibility index (Phi) is 22.0. The number of allylic oxidation sites excluding steroid dienone is 10. The van der Waals surface area contributed by atoms with Gasteiger partial charge in [0, 0.05) is 152 Å². The molecule has 554 valence electrons. The highest BCUT2D eigenvalue weighted by Crippen LogP contribution is 2.51. The summed E-state index contributed by atoms with van der Waals surface area (Å²) in [6.45, 7) is 21.9. The van der Waals surface area contributed by atoms with E-state index in [0.29, 0.717) is 74.2 Å². The van der Waals surface area contributed by atoms with Gasteiger partial charge in [0.15, 0.2) is 18.0 Å². The highest BCUT2D eigenvalue weighted by Gasteiger charge is 2.48. The average molecular weight is 1510 g/mol. The average Bonchev–Trinajstić information content (AvgIpc) is 1.61. The van der Waals surface area contributed by atoms with Crippen LogP contribution in [0.3, 0.4) is 0 Å². The lowest BCUT2D eigenvalue weighted by Gasteiger charge is -2.35. The van der Waals surface area contributed by atoms with Crippen molar-refractivity contribution in [3.63, 3.8) is 0 Å². The van der Waals surface area contributed by atoms with Gasteiger partial charge in [-0.3, -0.25) is 37.9 Å². The minimum absolute atomic E-state index is 0.0462. The summed E-state index contributed by atoms with van der Waals surface area (Å²) >= 11 is 0. The fourth-order valence-corrected chi connectivity index (χ4v) is 16.9. The van der Waals surface area contributed by atoms with Gasteiger partial charge in [-0.1, -0.05) is 52.0 Å². The molecular formula is C74H88N8O18S4+2. The Morgan fingerprint density at radius 2 is 0.981 bits per heavy atom. The Hall–Kier alpha value is -9.01. The number of hydrogen-bond acceptors (Lipinski definition) is 16. The largest absolute Gasteiger partial charge is 0.445 e. The SMILES string of the molecule is CCN1/C(=C\C=C/C2=[N+](CCCNC(=O)OCc3ccc([N+](=O)[O-])cc3C(=O)N3CCN(C(=O)CCCCC[N+]4=C(/C=C/C=C/C=C5\N(CC)c6ccc(S(=O)(=O)O)cc6C5(C)C)C(C)(C)c5cc(S(=O)(=O)O)ccc54)CC3)c3ccc(S(=O)(=O)O)cc3C2(C)C)C(C)(C)c2cc(S(=O)(=O)O)ccc21. The molecular weight excluding hydrogens is 1420 g/mol. The van der Waals surface area contributed by atoms with Crippen molar-refractivity contribution in [1.82, 2.24) is 15.1 Å². The van der Waals surface area contributed by atoms with Crippen LogP contribution in [0.4, 0.5) is 33.2 Å². The summed E-state index contributed by atoms with van der Waals surface area (Å²) in [7, 11) is -18.0. The number of amides is 3. The monoisotopic (exact) mass is 1500 g/mol. The number of nitrogens with zero attached hydrogens (tertiary/aromatic N) is 7. The molecule has 5 heterocycles. The molecule has 5 aromatic rings. The maximum Gasteiger partial charge on any atom is 0.407 e. The van der Waals surface area contributed by atoms with E-state index in [2.05, 4.69) is 19.7 Å². The zero-order chi connectivity index (χ0) is 76.0. The molecule has 0 bridgehead atoms. The number of fused-ring (bicyclic) bond motifs is 4. The highest BCUT2D eigenvalue weighted by atomic mass is 32.2. The fourth-order valence-electron chi connectivity index (χ4n) is 14.8. The van der Waals surface area contributed by atoms with Crippen LogP contribution in [0.25, 0.3) is 0 Å². The number of alkyl carbamates (subject to hydrolysis) is 1. The number of benzene rings is 5. The second kappa shape index (κ2) is 29.5. The van der Waals surface area contributed by atoms with Crippen LogP contribution < -0.4 is 15.1 Å². The second-order valence-corrected chi connectivity index (χ2v) is 34.0. The molecule has 5 N–H and O–H groups in total. The third-order valence-electron chi connectivity index (χ3n) is 20.4. The van der Waals surface area contributed by atoms with E-state index in [4.69, 9.17) is 4.74 Å². The van der Waals surface area contributed by atoms with Gasteiger partial charge in [-0.15, -0.1) is 0 Å². The van der Waals surface area contributed by atoms with Crippen molar-refractivity contribution < 1.29 is 85.1 Å². The molecule has 0 aliphatic carbocycles. The molecule has 3 amide bonds. The molecule has 5 aromatic carbocycles. The van der Waals surface area contributed by atoms with E-state index in [0.717, 1.165) is 51.5 Å². The fraction of sp³-hybridized carbons (Fsp3) is 0.392. The van der Waals surface area contributed by atoms with Gasteiger partial charge in [0.25, 0.3) is 52.1 Å². The van der Waals surface area contributed by atoms with Crippen LogP contribution in [-0.4, -0.2) is 164 Å². The number of rotatable bonds is 25. The molecule has 30 heteroatoms. The van der Waals surface area contributed by atoms with Crippen molar-refractivity contribution in [3.8, 4) is 0 Å². The zero-order valence-electron chi connectivity index (χ0n) is 59.7. The smallest absolute Gasteiger partial charge is 0.407 e. The number of likely N-dealkylation sites (N-methyl/N-ethyl adjacent to an activating group) is 2. The van der Waals surface area contributed by atoms with Gasteiger partial charge in [0.1, 0.15) is 13.2 Å². The zero-order valence-corrected chi connectivity index (χ0v) is 62.9. The lowest BCUT2D eigenvalue weighted by molar-refractivity contribution is -0.438. The molecule has 0 unspecified atom stereocenters. The third kappa shape index (κ3) is 15.7. The Bertz CT molecular complexity index is 5060. The number of hydrogen-bond donors (Lipinski definition) is 5. The number of anilines is 2. The molecule has 10 rings (SSSR count). The first-order chi connectivity index (χ1) is 48.6. The number of carbonyl (C=O) groups excluding carboxylic acids is 3. The summed E-state index contributed by atoms with van der Waals surface area (Å²) in [4.78, 5) is 59.1. The van der Waals surface area contributed by atoms with Crippen LogP contribution in [0.15, 0.2) is 171 Å². The van der Waals surface area contributed by atoms with Gasteiger partial charge in [0.05, 0.1) is 40.9 Å². The maximum absolute atomic E-state index is 14.2. The summed E-state index contributed by atoms with van der Waals surface area (Å²) in [5, 5.41) is 14.7. The summed E-state index contributed by atoms with van der Waals surface area (Å²) < 4.78 is 147. The summed E-state index contributed by atoms with van der Waals surface area (Å²) in [5.41, 5.74) is 6.22. The molecule has 5 aliphatic rings. The summed E-state index contributed by atoms with van der Waals surface area (Å²) in [6.07, 6.45) is 16.8. The van der Waals surface area contributed by atoms with Gasteiger partial charge in [-0.2, -0.15) is 42.8 Å². The number of nitro groups is 1. The molecule has 26 nitrogen and oxygen atoms in total. The number of piperazine rings is 1. The molecule has 0 spiro atoms. The van der Waals surface area contributed by atoms with Crippen molar-refractivity contribution in [2.45, 2.75) is 149 Å². The van der Waals surface area contributed by atoms with Crippen molar-refractivity contribution >= 4 is 98.2 Å². The summed E-state index contributed by atoms with van der Waals surface area (Å²) in [5.74, 6) is -0.659. The normalized spacial score (nSPS) is 18.4. The number of ether oxygens (including phenoxy) is 1. The van der Waals surface area contributed by atoms with E-state index in [-0.39, 0.29) is 81.4 Å². The number of nitrogens with one attached hydrogen (secondary N) is 1. The molecule has 1 fully saturated rings. The Balaban J connectivity index is 0.744. The van der Waals surface area contributed by atoms with Crippen molar-refractivity contribution in [2.75, 3.05) is 68.7 Å². The van der Waals surface area contributed by atoms with Gasteiger partial charge in [-0.05, 0) is 144 Å². The molecule has 104 heavy (non-hydrogen) atoms. The van der Waals surface area contributed by atoms with Gasteiger partial charge < -0.3 is 29.7 Å². The van der Waals surface area contributed by atoms with Crippen LogP contribution >= 0.6 is 0 Å². The third-order valence-corrected chi connectivity index (χ3v) is 23.8. The molecule has 0 saturated carbocycles. The first kappa shape index (κ1) is 77.6. The topological polar surface area (TPSA) is 352 Å². The minimum Gasteiger partial charge on any atom is -0.445 e. The van der Waals surface area contributed by atoms with Gasteiger partial charge >= 0.3 is 6.09 Å². The molecule has 1 saturated heterocycles. The maximum atomic E-state index is 14.2. The lowest BCUT2D eigenvalue weighted by Crippen LogP contribution is -2.50. The first-order valence-corrected chi connectivity index (χ1v) is 39.9. The standard InChI is InChI=1S/C74H86N8O18S4/c1-11-78-60-32-28-51(101(88,89)90)44-56(60)71(3,4)64(78)21-15-13-16-22-66-73(7,8)58-46-53(103(94,95)96)30-34-62(58)80(66)37-18-14-17-25-68(83)76-39-41-77(42-40-76)69(84)55-43-50(82(86)87)27-26-49(55)48-100-70(85)75-36-20-38-81-63-35-31-54(104(97,98)99)47-59(63)74(9,10)67(81)24-19-23-65-72(5,6)57-45-52(102(91,92)93)29-33-61(57)79(65)12-2/h13,15-16,19,21-24,26-35,43-47H,11-12,14,17-18,20,25,36-42,48H2,1-10H3,(H3-2,75,85,88,89,90,91,92,93,94,95,96,97,98,99)/p+2. The van der Waals surface area contributed by atoms with Gasteiger partial charge in [0.2, 0.25) is 17.3 Å².